The molecule has 28 heavy (non-hydrogen) atoms. The van der Waals surface area contributed by atoms with Crippen molar-refractivity contribution in [2.75, 3.05) is 11.9 Å². The van der Waals surface area contributed by atoms with Gasteiger partial charge in [0.25, 0.3) is 5.01 Å². The van der Waals surface area contributed by atoms with Gasteiger partial charge in [0.15, 0.2) is 0 Å². The second kappa shape index (κ2) is 9.22. The van der Waals surface area contributed by atoms with Gasteiger partial charge in [-0.1, -0.05) is 64.5 Å². The number of aromatic nitrogens is 1. The Hall–Kier alpha value is -0.990. The van der Waals surface area contributed by atoms with E-state index in [1.165, 1.54) is 30.8 Å². The number of halogens is 3. The van der Waals surface area contributed by atoms with Gasteiger partial charge in [0.2, 0.25) is 5.52 Å². The second-order valence-electron chi connectivity index (χ2n) is 6.13. The molecule has 0 spiro atoms. The number of benzene rings is 2. The van der Waals surface area contributed by atoms with Crippen molar-refractivity contribution in [3.05, 3.63) is 80.8 Å². The molecule has 0 saturated carbocycles. The van der Waals surface area contributed by atoms with Gasteiger partial charge in [0.1, 0.15) is 11.7 Å². The summed E-state index contributed by atoms with van der Waals surface area (Å²) in [5.41, 5.74) is 2.38. The molecule has 3 aromatic rings. The fourth-order valence-corrected chi connectivity index (χ4v) is 5.60. The number of aryl methyl sites for hydroxylation is 1. The zero-order valence-corrected chi connectivity index (χ0v) is 20.5. The number of nitrogens with zero attached hydrogens (tertiary/aromatic N) is 2. The van der Waals surface area contributed by atoms with Gasteiger partial charge in [0.05, 0.1) is 10.7 Å². The normalized spacial score (nSPS) is 15.1. The van der Waals surface area contributed by atoms with E-state index in [0.717, 1.165) is 10.0 Å². The van der Waals surface area contributed by atoms with Gasteiger partial charge in [0, 0.05) is 34.1 Å². The number of allylic oxidation sites excluding steroid dienone is 4. The maximum absolute atomic E-state index is 6.09. The molecule has 0 amide bonds. The molecule has 2 aromatic carbocycles. The summed E-state index contributed by atoms with van der Waals surface area (Å²) < 4.78 is 3.37. The van der Waals surface area contributed by atoms with Gasteiger partial charge in [-0.05, 0) is 36.4 Å². The topological polar surface area (TPSA) is 7.12 Å². The summed E-state index contributed by atoms with van der Waals surface area (Å²) in [6.45, 7) is 0. The first-order chi connectivity index (χ1) is 13.0. The summed E-state index contributed by atoms with van der Waals surface area (Å²) in [6, 6.07) is 12.0. The quantitative estimate of drug-likeness (QED) is 0.275. The standard InChI is InChI=1S/C21H17Cl2N2S2.HI/c1-24-16-10-8-14(22)12-18(16)26-20(24)6-4-3-5-7-21-25(2)17-11-9-15(23)13-19(17)27-21;/h3-13H,1-2H3;1H/q+1;/p-1. The van der Waals surface area contributed by atoms with Gasteiger partial charge in [-0.2, -0.15) is 4.57 Å². The first-order valence-electron chi connectivity index (χ1n) is 8.37. The van der Waals surface area contributed by atoms with E-state index < -0.39 is 0 Å². The largest absolute Gasteiger partial charge is 1.00 e. The summed E-state index contributed by atoms with van der Waals surface area (Å²) in [6.07, 6.45) is 10.4. The Bertz CT molecular complexity index is 1120. The molecule has 0 radical (unpaired) electrons. The SMILES string of the molecule is CN1\C(=C/C=C/C=C/c2sc3cc(Cl)ccc3[n+]2C)Sc2cc(Cl)ccc21.[I-]. The van der Waals surface area contributed by atoms with Crippen LogP contribution in [0.1, 0.15) is 5.01 Å². The average Bonchev–Trinajstić information content (AvgIpc) is 3.11. The van der Waals surface area contributed by atoms with Gasteiger partial charge in [-0.15, -0.1) is 0 Å². The molecule has 1 aliphatic heterocycles. The first-order valence-corrected chi connectivity index (χ1v) is 10.8. The molecule has 2 heterocycles. The van der Waals surface area contributed by atoms with Crippen molar-refractivity contribution in [1.82, 2.24) is 0 Å². The summed E-state index contributed by atoms with van der Waals surface area (Å²) in [5, 5.41) is 3.90. The van der Waals surface area contributed by atoms with Crippen molar-refractivity contribution in [2.45, 2.75) is 4.90 Å². The summed E-state index contributed by atoms with van der Waals surface area (Å²) in [5.74, 6) is 0. The molecule has 0 fully saturated rings. The van der Waals surface area contributed by atoms with Crippen LogP contribution in [0.3, 0.4) is 0 Å². The molecule has 0 unspecified atom stereocenters. The van der Waals surface area contributed by atoms with Crippen LogP contribution in [0, 0.1) is 0 Å². The number of rotatable bonds is 3. The van der Waals surface area contributed by atoms with Gasteiger partial charge < -0.3 is 28.9 Å². The Morgan fingerprint density at radius 1 is 1.00 bits per heavy atom. The van der Waals surface area contributed by atoms with E-state index in [1.807, 2.05) is 24.3 Å². The lowest BCUT2D eigenvalue weighted by Gasteiger charge is -2.12. The zero-order valence-electron chi connectivity index (χ0n) is 15.2. The maximum Gasteiger partial charge on any atom is 0.262 e. The predicted octanol–water partition coefficient (Wildman–Crippen LogP) is 3.69. The van der Waals surface area contributed by atoms with Crippen molar-refractivity contribution in [2.24, 2.45) is 7.05 Å². The molecule has 0 atom stereocenters. The molecule has 0 N–H and O–H groups in total. The summed E-state index contributed by atoms with van der Waals surface area (Å²) in [4.78, 5) is 3.37. The van der Waals surface area contributed by atoms with Crippen LogP contribution in [-0.2, 0) is 7.05 Å². The molecule has 0 saturated heterocycles. The maximum atomic E-state index is 6.09. The predicted molar refractivity (Wildman–Crippen MR) is 120 cm³/mol. The van der Waals surface area contributed by atoms with Crippen LogP contribution in [0.5, 0.6) is 0 Å². The Kier molecular flexibility index (Phi) is 7.15. The van der Waals surface area contributed by atoms with Crippen molar-refractivity contribution in [3.63, 3.8) is 0 Å². The Morgan fingerprint density at radius 3 is 2.57 bits per heavy atom. The molecule has 2 nitrogen and oxygen atoms in total. The van der Waals surface area contributed by atoms with E-state index in [0.29, 0.717) is 0 Å². The van der Waals surface area contributed by atoms with E-state index in [4.69, 9.17) is 23.2 Å². The minimum absolute atomic E-state index is 0. The number of fused-ring (bicyclic) bond motifs is 2. The number of hydrogen-bond acceptors (Lipinski definition) is 3. The van der Waals surface area contributed by atoms with Gasteiger partial charge in [-0.3, -0.25) is 0 Å². The van der Waals surface area contributed by atoms with Crippen molar-refractivity contribution in [1.29, 1.82) is 0 Å². The van der Waals surface area contributed by atoms with Crippen LogP contribution in [0.2, 0.25) is 10.0 Å². The molecular formula is C21H17Cl2IN2S2. The lowest BCUT2D eigenvalue weighted by Crippen LogP contribution is -3.00. The lowest BCUT2D eigenvalue weighted by molar-refractivity contribution is -0.642. The van der Waals surface area contributed by atoms with Crippen molar-refractivity contribution in [3.8, 4) is 0 Å². The smallest absolute Gasteiger partial charge is 0.262 e. The molecule has 1 aliphatic rings. The minimum Gasteiger partial charge on any atom is -1.00 e. The Labute approximate surface area is 200 Å². The van der Waals surface area contributed by atoms with Crippen molar-refractivity contribution < 1.29 is 28.5 Å². The zero-order chi connectivity index (χ0) is 19.0. The van der Waals surface area contributed by atoms with Crippen LogP contribution in [0.25, 0.3) is 16.3 Å². The highest BCUT2D eigenvalue weighted by Crippen LogP contribution is 2.45. The molecule has 144 valence electrons. The fourth-order valence-electron chi connectivity index (χ4n) is 2.92. The highest BCUT2D eigenvalue weighted by molar-refractivity contribution is 8.03. The third-order valence-corrected chi connectivity index (χ3v) is 7.16. The van der Waals surface area contributed by atoms with E-state index in [2.05, 4.69) is 66.1 Å². The number of thioether (sulfide) groups is 1. The lowest BCUT2D eigenvalue weighted by atomic mass is 10.3. The monoisotopic (exact) mass is 558 g/mol. The Balaban J connectivity index is 0.00000225. The van der Waals surface area contributed by atoms with E-state index >= 15 is 0 Å². The molecule has 4 rings (SSSR count). The van der Waals surface area contributed by atoms with Crippen LogP contribution < -0.4 is 33.4 Å². The third-order valence-electron chi connectivity index (χ3n) is 4.36. The van der Waals surface area contributed by atoms with E-state index in [-0.39, 0.29) is 24.0 Å². The third kappa shape index (κ3) is 4.44. The van der Waals surface area contributed by atoms with Gasteiger partial charge in [-0.25, -0.2) is 0 Å². The highest BCUT2D eigenvalue weighted by atomic mass is 127. The molecule has 7 heteroatoms. The summed E-state index contributed by atoms with van der Waals surface area (Å²) in [7, 11) is 4.15. The van der Waals surface area contributed by atoms with Crippen LogP contribution in [-0.4, -0.2) is 7.05 Å². The fraction of sp³-hybridized carbons (Fsp3) is 0.0952. The molecule has 1 aromatic heterocycles. The molecule has 0 aliphatic carbocycles. The number of thiazole rings is 1. The molecule has 0 bridgehead atoms. The highest BCUT2D eigenvalue weighted by Gasteiger charge is 2.21. The first kappa shape index (κ1) is 21.7. The Morgan fingerprint density at radius 2 is 1.75 bits per heavy atom. The molecular weight excluding hydrogens is 542 g/mol. The summed E-state index contributed by atoms with van der Waals surface area (Å²) >= 11 is 15.6. The van der Waals surface area contributed by atoms with Crippen LogP contribution in [0.4, 0.5) is 5.69 Å². The number of anilines is 1. The number of hydrogen-bond donors (Lipinski definition) is 0. The second-order valence-corrected chi connectivity index (χ2v) is 9.13. The average molecular weight is 559 g/mol. The van der Waals surface area contributed by atoms with Crippen LogP contribution in [0.15, 0.2) is 70.6 Å². The minimum atomic E-state index is 0. The van der Waals surface area contributed by atoms with Gasteiger partial charge >= 0.3 is 0 Å². The van der Waals surface area contributed by atoms with E-state index in [9.17, 15) is 0 Å². The van der Waals surface area contributed by atoms with Crippen LogP contribution >= 0.6 is 46.3 Å². The van der Waals surface area contributed by atoms with Crippen molar-refractivity contribution >= 4 is 68.3 Å². The van der Waals surface area contributed by atoms with E-state index in [1.54, 1.807) is 23.1 Å².